The summed E-state index contributed by atoms with van der Waals surface area (Å²) in [6, 6.07) is 11.5. The van der Waals surface area contributed by atoms with Gasteiger partial charge in [0.05, 0.1) is 5.25 Å². The van der Waals surface area contributed by atoms with Gasteiger partial charge < -0.3 is 10.2 Å². The van der Waals surface area contributed by atoms with E-state index in [1.54, 1.807) is 11.8 Å². The summed E-state index contributed by atoms with van der Waals surface area (Å²) in [4.78, 5) is 14.7. The lowest BCUT2D eigenvalue weighted by Crippen LogP contribution is -2.42. The Morgan fingerprint density at radius 1 is 1.29 bits per heavy atom. The molecule has 1 aromatic rings. The van der Waals surface area contributed by atoms with Crippen LogP contribution in [0.1, 0.15) is 31.7 Å². The van der Waals surface area contributed by atoms with Gasteiger partial charge in [-0.05, 0) is 31.7 Å². The van der Waals surface area contributed by atoms with Gasteiger partial charge in [0.2, 0.25) is 5.91 Å². The van der Waals surface area contributed by atoms with Crippen LogP contribution in [-0.2, 0) is 10.5 Å². The monoisotopic (exact) mass is 304 g/mol. The molecule has 3 nitrogen and oxygen atoms in total. The highest BCUT2D eigenvalue weighted by molar-refractivity contribution is 7.99. The highest BCUT2D eigenvalue weighted by Crippen LogP contribution is 2.24. The molecule has 0 aliphatic carbocycles. The number of carbonyl (C=O) groups is 1. The summed E-state index contributed by atoms with van der Waals surface area (Å²) in [5.74, 6) is 1.22. The molecule has 2 aliphatic heterocycles. The first-order valence-corrected chi connectivity index (χ1v) is 8.97. The lowest BCUT2D eigenvalue weighted by molar-refractivity contribution is -0.130. The van der Waals surface area contributed by atoms with Gasteiger partial charge in [-0.3, -0.25) is 4.79 Å². The first kappa shape index (κ1) is 14.9. The largest absolute Gasteiger partial charge is 0.340 e. The van der Waals surface area contributed by atoms with Gasteiger partial charge in [0, 0.05) is 30.9 Å². The number of benzene rings is 1. The first-order chi connectivity index (χ1) is 10.2. The standard InChI is InChI=1S/C17H24N2OS/c1-13(21-12-14-5-3-2-4-6-14)17(20)19-10-9-15-7-8-16(11-19)18-15/h2-6,13,15-16,18H,7-12H2,1H3. The molecule has 1 N–H and O–H groups in total. The summed E-state index contributed by atoms with van der Waals surface area (Å²) in [5, 5.41) is 3.68. The van der Waals surface area contributed by atoms with E-state index in [1.807, 2.05) is 13.0 Å². The zero-order chi connectivity index (χ0) is 14.7. The Morgan fingerprint density at radius 2 is 2.05 bits per heavy atom. The van der Waals surface area contributed by atoms with Crippen molar-refractivity contribution in [1.82, 2.24) is 10.2 Å². The van der Waals surface area contributed by atoms with Crippen LogP contribution < -0.4 is 5.32 Å². The van der Waals surface area contributed by atoms with E-state index in [0.29, 0.717) is 18.0 Å². The third kappa shape index (κ3) is 3.80. The van der Waals surface area contributed by atoms with Gasteiger partial charge in [0.15, 0.2) is 0 Å². The van der Waals surface area contributed by atoms with Crippen molar-refractivity contribution in [2.75, 3.05) is 13.1 Å². The Hall–Kier alpha value is -1.00. The molecule has 0 radical (unpaired) electrons. The number of hydrogen-bond donors (Lipinski definition) is 1. The molecule has 2 bridgehead atoms. The zero-order valence-electron chi connectivity index (χ0n) is 12.6. The SMILES string of the molecule is CC(SCc1ccccc1)C(=O)N1CCC2CCC(C1)N2. The molecule has 21 heavy (non-hydrogen) atoms. The van der Waals surface area contributed by atoms with E-state index in [9.17, 15) is 4.79 Å². The normalized spacial score (nSPS) is 26.4. The first-order valence-electron chi connectivity index (χ1n) is 7.93. The Morgan fingerprint density at radius 3 is 2.86 bits per heavy atom. The van der Waals surface area contributed by atoms with E-state index < -0.39 is 0 Å². The van der Waals surface area contributed by atoms with Crippen LogP contribution in [0.25, 0.3) is 0 Å². The number of fused-ring (bicyclic) bond motifs is 2. The van der Waals surface area contributed by atoms with Crippen LogP contribution >= 0.6 is 11.8 Å². The molecule has 0 saturated carbocycles. The van der Waals surface area contributed by atoms with E-state index in [0.717, 1.165) is 25.3 Å². The fourth-order valence-corrected chi connectivity index (χ4v) is 4.19. The van der Waals surface area contributed by atoms with Crippen molar-refractivity contribution in [3.63, 3.8) is 0 Å². The third-order valence-corrected chi connectivity index (χ3v) is 5.73. The second kappa shape index (κ2) is 6.84. The van der Waals surface area contributed by atoms with Crippen LogP contribution in [0.15, 0.2) is 30.3 Å². The maximum Gasteiger partial charge on any atom is 0.235 e. The number of nitrogens with one attached hydrogen (secondary N) is 1. The number of rotatable bonds is 4. The van der Waals surface area contributed by atoms with E-state index in [2.05, 4.69) is 34.5 Å². The van der Waals surface area contributed by atoms with Gasteiger partial charge >= 0.3 is 0 Å². The summed E-state index contributed by atoms with van der Waals surface area (Å²) >= 11 is 1.75. The van der Waals surface area contributed by atoms with E-state index in [1.165, 1.54) is 18.4 Å². The van der Waals surface area contributed by atoms with Gasteiger partial charge in [-0.25, -0.2) is 0 Å². The molecule has 1 amide bonds. The van der Waals surface area contributed by atoms with Gasteiger partial charge in [-0.1, -0.05) is 30.3 Å². The highest BCUT2D eigenvalue weighted by Gasteiger charge is 2.32. The molecule has 3 unspecified atom stereocenters. The maximum atomic E-state index is 12.6. The quantitative estimate of drug-likeness (QED) is 0.928. The van der Waals surface area contributed by atoms with Crippen LogP contribution in [0.2, 0.25) is 0 Å². The molecular formula is C17H24N2OS. The summed E-state index contributed by atoms with van der Waals surface area (Å²) in [5.41, 5.74) is 1.29. The van der Waals surface area contributed by atoms with E-state index in [4.69, 9.17) is 0 Å². The Balaban J connectivity index is 1.52. The van der Waals surface area contributed by atoms with E-state index >= 15 is 0 Å². The van der Waals surface area contributed by atoms with Crippen molar-refractivity contribution < 1.29 is 4.79 Å². The van der Waals surface area contributed by atoms with Gasteiger partial charge in [-0.15, -0.1) is 11.8 Å². The molecule has 114 valence electrons. The van der Waals surface area contributed by atoms with Crippen LogP contribution in [-0.4, -0.2) is 41.2 Å². The molecule has 2 fully saturated rings. The second-order valence-electron chi connectivity index (χ2n) is 6.15. The van der Waals surface area contributed by atoms with Crippen molar-refractivity contribution in [3.05, 3.63) is 35.9 Å². The van der Waals surface area contributed by atoms with E-state index in [-0.39, 0.29) is 5.25 Å². The molecule has 3 rings (SSSR count). The third-order valence-electron chi connectivity index (χ3n) is 4.53. The Bertz CT molecular complexity index is 479. The van der Waals surface area contributed by atoms with Gasteiger partial charge in [-0.2, -0.15) is 0 Å². The van der Waals surface area contributed by atoms with Gasteiger partial charge in [0.1, 0.15) is 0 Å². The second-order valence-corrected chi connectivity index (χ2v) is 7.48. The fourth-order valence-electron chi connectivity index (χ4n) is 3.27. The fraction of sp³-hybridized carbons (Fsp3) is 0.588. The van der Waals surface area contributed by atoms with Crippen LogP contribution in [0.4, 0.5) is 0 Å². The summed E-state index contributed by atoms with van der Waals surface area (Å²) in [6.07, 6.45) is 3.61. The van der Waals surface area contributed by atoms with Crippen molar-refractivity contribution in [3.8, 4) is 0 Å². The number of likely N-dealkylation sites (tertiary alicyclic amines) is 1. The molecule has 2 aliphatic rings. The topological polar surface area (TPSA) is 32.3 Å². The summed E-state index contributed by atoms with van der Waals surface area (Å²) in [7, 11) is 0. The molecule has 2 saturated heterocycles. The predicted molar refractivity (Wildman–Crippen MR) is 88.3 cm³/mol. The predicted octanol–water partition coefficient (Wildman–Crippen LogP) is 2.66. The Labute approximate surface area is 131 Å². The number of amides is 1. The van der Waals surface area contributed by atoms with Crippen molar-refractivity contribution in [1.29, 1.82) is 0 Å². The van der Waals surface area contributed by atoms with Crippen LogP contribution in [0.3, 0.4) is 0 Å². The smallest absolute Gasteiger partial charge is 0.235 e. The zero-order valence-corrected chi connectivity index (χ0v) is 13.4. The van der Waals surface area contributed by atoms with Crippen molar-refractivity contribution in [2.24, 2.45) is 0 Å². The van der Waals surface area contributed by atoms with Gasteiger partial charge in [0.25, 0.3) is 0 Å². The number of hydrogen-bond acceptors (Lipinski definition) is 3. The van der Waals surface area contributed by atoms with Crippen molar-refractivity contribution >= 4 is 17.7 Å². The minimum atomic E-state index is 0.0434. The minimum absolute atomic E-state index is 0.0434. The minimum Gasteiger partial charge on any atom is -0.340 e. The molecule has 0 spiro atoms. The molecule has 4 heteroatoms. The molecule has 0 aromatic heterocycles. The summed E-state index contributed by atoms with van der Waals surface area (Å²) in [6.45, 7) is 3.86. The average molecular weight is 304 g/mol. The lowest BCUT2D eigenvalue weighted by Gasteiger charge is -2.27. The van der Waals surface area contributed by atoms with Crippen LogP contribution in [0, 0.1) is 0 Å². The number of thioether (sulfide) groups is 1. The molecule has 3 atom stereocenters. The van der Waals surface area contributed by atoms with Crippen molar-refractivity contribution in [2.45, 2.75) is 49.3 Å². The molecule has 1 aromatic carbocycles. The lowest BCUT2D eigenvalue weighted by atomic mass is 10.1. The molecular weight excluding hydrogens is 280 g/mol. The number of carbonyl (C=O) groups excluding carboxylic acids is 1. The Kier molecular flexibility index (Phi) is 4.86. The molecule has 2 heterocycles. The average Bonchev–Trinajstić information content (AvgIpc) is 2.84. The maximum absolute atomic E-state index is 12.6. The summed E-state index contributed by atoms with van der Waals surface area (Å²) < 4.78 is 0. The van der Waals surface area contributed by atoms with Crippen LogP contribution in [0.5, 0.6) is 0 Å². The number of nitrogens with zero attached hydrogens (tertiary/aromatic N) is 1. The highest BCUT2D eigenvalue weighted by atomic mass is 32.2.